The summed E-state index contributed by atoms with van der Waals surface area (Å²) in [6, 6.07) is 7.83. The number of nitrogens with one attached hydrogen (secondary N) is 1. The number of amides is 1. The topological polar surface area (TPSA) is 64.6 Å². The maximum absolute atomic E-state index is 13.0. The van der Waals surface area contributed by atoms with E-state index in [1.165, 1.54) is 32.4 Å². The molecule has 152 valence electrons. The predicted octanol–water partition coefficient (Wildman–Crippen LogP) is 4.36. The Labute approximate surface area is 169 Å². The molecule has 0 heterocycles. The number of hydrogen-bond acceptors (Lipinski definition) is 4. The number of carbonyl (C=O) groups is 2. The molecule has 0 aromatic heterocycles. The SMILES string of the molecule is COc1cc2c(cc1OC)C(NC(=O)C(F)(F)F)C(=Cc1ccc(Cl)cc1)C2=O. The molecule has 1 atom stereocenters. The number of benzene rings is 2. The van der Waals surface area contributed by atoms with Crippen LogP contribution in [0, 0.1) is 0 Å². The molecule has 0 spiro atoms. The summed E-state index contributed by atoms with van der Waals surface area (Å²) >= 11 is 5.85. The Kier molecular flexibility index (Phi) is 5.57. The minimum atomic E-state index is -5.10. The largest absolute Gasteiger partial charge is 0.493 e. The zero-order valence-electron chi connectivity index (χ0n) is 15.3. The van der Waals surface area contributed by atoms with Crippen molar-refractivity contribution in [2.45, 2.75) is 12.2 Å². The number of ketones is 1. The summed E-state index contributed by atoms with van der Waals surface area (Å²) in [5.74, 6) is -2.21. The van der Waals surface area contributed by atoms with E-state index in [1.54, 1.807) is 24.3 Å². The standard InChI is InChI=1S/C20H15ClF3NO4/c1-28-15-8-12-13(9-16(15)29-2)18(26)14(7-10-3-5-11(21)6-4-10)17(12)25-19(27)20(22,23)24/h3-9,17H,1-2H3,(H,25,27). The quantitative estimate of drug-likeness (QED) is 0.739. The second-order valence-electron chi connectivity index (χ2n) is 6.18. The van der Waals surface area contributed by atoms with Gasteiger partial charge in [-0.3, -0.25) is 9.59 Å². The van der Waals surface area contributed by atoms with Crippen molar-refractivity contribution in [3.63, 3.8) is 0 Å². The van der Waals surface area contributed by atoms with Crippen LogP contribution in [0.2, 0.25) is 5.02 Å². The van der Waals surface area contributed by atoms with Crippen LogP contribution in [0.25, 0.3) is 6.08 Å². The second kappa shape index (κ2) is 7.79. The maximum Gasteiger partial charge on any atom is 0.471 e. The van der Waals surface area contributed by atoms with Gasteiger partial charge in [-0.25, -0.2) is 0 Å². The number of ether oxygens (including phenoxy) is 2. The Hall–Kier alpha value is -3.00. The van der Waals surface area contributed by atoms with Crippen molar-refractivity contribution in [3.05, 3.63) is 63.7 Å². The fourth-order valence-electron chi connectivity index (χ4n) is 3.04. The van der Waals surface area contributed by atoms with Crippen LogP contribution < -0.4 is 14.8 Å². The van der Waals surface area contributed by atoms with E-state index in [9.17, 15) is 22.8 Å². The van der Waals surface area contributed by atoms with E-state index in [-0.39, 0.29) is 28.2 Å². The molecule has 2 aromatic carbocycles. The third-order valence-corrected chi connectivity index (χ3v) is 4.66. The Balaban J connectivity index is 2.14. The van der Waals surface area contributed by atoms with Crippen molar-refractivity contribution in [2.24, 2.45) is 0 Å². The van der Waals surface area contributed by atoms with E-state index in [0.717, 1.165) is 0 Å². The van der Waals surface area contributed by atoms with E-state index in [1.807, 2.05) is 5.32 Å². The highest BCUT2D eigenvalue weighted by Gasteiger charge is 2.44. The fraction of sp³-hybridized carbons (Fsp3) is 0.200. The first-order valence-electron chi connectivity index (χ1n) is 8.31. The summed E-state index contributed by atoms with van der Waals surface area (Å²) in [7, 11) is 2.73. The fourth-order valence-corrected chi connectivity index (χ4v) is 3.17. The van der Waals surface area contributed by atoms with Crippen LogP contribution in [0.4, 0.5) is 13.2 Å². The number of carbonyl (C=O) groups excluding carboxylic acids is 2. The van der Waals surface area contributed by atoms with Gasteiger partial charge < -0.3 is 14.8 Å². The molecule has 29 heavy (non-hydrogen) atoms. The summed E-state index contributed by atoms with van der Waals surface area (Å²) in [5, 5.41) is 2.36. The highest BCUT2D eigenvalue weighted by Crippen LogP contribution is 2.43. The highest BCUT2D eigenvalue weighted by molar-refractivity contribution is 6.30. The zero-order chi connectivity index (χ0) is 21.3. The van der Waals surface area contributed by atoms with Gasteiger partial charge in [-0.2, -0.15) is 13.2 Å². The first-order valence-corrected chi connectivity index (χ1v) is 8.69. The number of halogens is 4. The van der Waals surface area contributed by atoms with Crippen LogP contribution in [0.3, 0.4) is 0 Å². The van der Waals surface area contributed by atoms with Gasteiger partial charge in [-0.05, 0) is 41.5 Å². The van der Waals surface area contributed by atoms with Gasteiger partial charge in [-0.1, -0.05) is 23.7 Å². The summed E-state index contributed by atoms with van der Waals surface area (Å²) in [4.78, 5) is 24.6. The summed E-state index contributed by atoms with van der Waals surface area (Å²) in [6.45, 7) is 0. The molecule has 0 aliphatic heterocycles. The first-order chi connectivity index (χ1) is 13.7. The molecule has 1 aliphatic rings. The Bertz CT molecular complexity index is 1000. The summed E-state index contributed by atoms with van der Waals surface area (Å²) in [5.41, 5.74) is 0.826. The van der Waals surface area contributed by atoms with E-state index in [4.69, 9.17) is 21.1 Å². The van der Waals surface area contributed by atoms with Crippen molar-refractivity contribution in [2.75, 3.05) is 14.2 Å². The molecular weight excluding hydrogens is 411 g/mol. The van der Waals surface area contributed by atoms with Gasteiger partial charge in [0.15, 0.2) is 17.3 Å². The molecular formula is C20H15ClF3NO4. The molecule has 3 rings (SSSR count). The van der Waals surface area contributed by atoms with Gasteiger partial charge in [0.05, 0.1) is 20.3 Å². The molecule has 9 heteroatoms. The van der Waals surface area contributed by atoms with Crippen LogP contribution >= 0.6 is 11.6 Å². The molecule has 0 radical (unpaired) electrons. The number of Topliss-reactive ketones (excluding diaryl/α,β-unsaturated/α-hetero) is 1. The summed E-state index contributed by atoms with van der Waals surface area (Å²) in [6.07, 6.45) is -3.69. The van der Waals surface area contributed by atoms with Gasteiger partial charge in [0, 0.05) is 16.2 Å². The van der Waals surface area contributed by atoms with Crippen molar-refractivity contribution in [3.8, 4) is 11.5 Å². The number of fused-ring (bicyclic) bond motifs is 1. The minimum absolute atomic E-state index is 0.0183. The molecule has 0 saturated carbocycles. The lowest BCUT2D eigenvalue weighted by Crippen LogP contribution is -2.39. The lowest BCUT2D eigenvalue weighted by Gasteiger charge is -2.18. The molecule has 0 fully saturated rings. The van der Waals surface area contributed by atoms with Crippen molar-refractivity contribution < 1.29 is 32.2 Å². The lowest BCUT2D eigenvalue weighted by molar-refractivity contribution is -0.174. The number of alkyl halides is 3. The average molecular weight is 426 g/mol. The number of rotatable bonds is 4. The Morgan fingerprint density at radius 2 is 1.69 bits per heavy atom. The summed E-state index contributed by atoms with van der Waals surface area (Å²) < 4.78 is 48.9. The third kappa shape index (κ3) is 4.07. The van der Waals surface area contributed by atoms with Gasteiger partial charge in [0.25, 0.3) is 0 Å². The van der Waals surface area contributed by atoms with E-state index < -0.39 is 23.9 Å². The van der Waals surface area contributed by atoms with E-state index in [0.29, 0.717) is 10.6 Å². The molecule has 2 aromatic rings. The van der Waals surface area contributed by atoms with Crippen LogP contribution in [-0.4, -0.2) is 32.1 Å². The molecule has 1 aliphatic carbocycles. The molecule has 0 saturated heterocycles. The monoisotopic (exact) mass is 425 g/mol. The van der Waals surface area contributed by atoms with E-state index >= 15 is 0 Å². The van der Waals surface area contributed by atoms with Gasteiger partial charge in [-0.15, -0.1) is 0 Å². The molecule has 1 unspecified atom stereocenters. The smallest absolute Gasteiger partial charge is 0.471 e. The number of methoxy groups -OCH3 is 2. The average Bonchev–Trinajstić information content (AvgIpc) is 2.92. The van der Waals surface area contributed by atoms with Crippen LogP contribution in [0.5, 0.6) is 11.5 Å². The minimum Gasteiger partial charge on any atom is -0.493 e. The highest BCUT2D eigenvalue weighted by atomic mass is 35.5. The zero-order valence-corrected chi connectivity index (χ0v) is 16.0. The van der Waals surface area contributed by atoms with Crippen LogP contribution in [0.15, 0.2) is 42.0 Å². The molecule has 1 N–H and O–H groups in total. The van der Waals surface area contributed by atoms with Crippen molar-refractivity contribution >= 4 is 29.4 Å². The maximum atomic E-state index is 13.0. The van der Waals surface area contributed by atoms with E-state index in [2.05, 4.69) is 0 Å². The first kappa shape index (κ1) is 20.7. The van der Waals surface area contributed by atoms with Crippen molar-refractivity contribution in [1.82, 2.24) is 5.32 Å². The van der Waals surface area contributed by atoms with Gasteiger partial charge in [0.1, 0.15) is 0 Å². The lowest BCUT2D eigenvalue weighted by atomic mass is 10.0. The Morgan fingerprint density at radius 1 is 1.10 bits per heavy atom. The van der Waals surface area contributed by atoms with Crippen LogP contribution in [0.1, 0.15) is 27.5 Å². The third-order valence-electron chi connectivity index (χ3n) is 4.41. The van der Waals surface area contributed by atoms with Gasteiger partial charge in [0.2, 0.25) is 0 Å². The van der Waals surface area contributed by atoms with Crippen LogP contribution in [-0.2, 0) is 4.79 Å². The molecule has 1 amide bonds. The number of hydrogen-bond donors (Lipinski definition) is 1. The van der Waals surface area contributed by atoms with Gasteiger partial charge >= 0.3 is 12.1 Å². The Morgan fingerprint density at radius 3 is 2.24 bits per heavy atom. The second-order valence-corrected chi connectivity index (χ2v) is 6.62. The normalized spacial score (nSPS) is 17.2. The van der Waals surface area contributed by atoms with Crippen molar-refractivity contribution in [1.29, 1.82) is 0 Å². The molecule has 0 bridgehead atoms. The molecule has 5 nitrogen and oxygen atoms in total. The predicted molar refractivity (Wildman–Crippen MR) is 100 cm³/mol.